The lowest BCUT2D eigenvalue weighted by Gasteiger charge is -2.31. The van der Waals surface area contributed by atoms with E-state index in [4.69, 9.17) is 10.5 Å². The summed E-state index contributed by atoms with van der Waals surface area (Å²) in [5, 5.41) is 16.8. The lowest BCUT2D eigenvalue weighted by Crippen LogP contribution is -2.38. The molecule has 4 nitrogen and oxygen atoms in total. The molecule has 0 unspecified atom stereocenters. The maximum Gasteiger partial charge on any atom is 0.327 e. The van der Waals surface area contributed by atoms with E-state index in [1.54, 1.807) is 6.07 Å². The van der Waals surface area contributed by atoms with Gasteiger partial charge in [0.25, 0.3) is 0 Å². The first-order valence-electron chi connectivity index (χ1n) is 3.70. The molecule has 4 heteroatoms. The number of nitriles is 2. The number of nitrogens with zero attached hydrogens (tertiary/aromatic N) is 2. The minimum atomic E-state index is -0.934. The molecular formula is C8H8N2O2. The van der Waals surface area contributed by atoms with Crippen LogP contribution < -0.4 is 0 Å². The quantitative estimate of drug-likeness (QED) is 0.564. The normalized spacial score (nSPS) is 18.2. The SMILES string of the molecule is N#CCOC(=O)C1(C#N)CCC1. The largest absolute Gasteiger partial charge is 0.449 e. The molecule has 0 radical (unpaired) electrons. The van der Waals surface area contributed by atoms with E-state index in [9.17, 15) is 4.79 Å². The zero-order valence-electron chi connectivity index (χ0n) is 6.54. The van der Waals surface area contributed by atoms with Gasteiger partial charge in [-0.2, -0.15) is 10.5 Å². The Morgan fingerprint density at radius 1 is 1.50 bits per heavy atom. The lowest BCUT2D eigenvalue weighted by atomic mass is 9.70. The molecule has 0 aromatic carbocycles. The molecule has 0 aromatic rings. The minimum Gasteiger partial charge on any atom is -0.449 e. The Morgan fingerprint density at radius 3 is 2.50 bits per heavy atom. The zero-order valence-corrected chi connectivity index (χ0v) is 6.54. The van der Waals surface area contributed by atoms with Gasteiger partial charge in [0, 0.05) is 0 Å². The van der Waals surface area contributed by atoms with Crippen molar-refractivity contribution >= 4 is 5.97 Å². The number of carbonyl (C=O) groups excluding carboxylic acids is 1. The highest BCUT2D eigenvalue weighted by molar-refractivity contribution is 5.81. The van der Waals surface area contributed by atoms with Crippen LogP contribution in [0.5, 0.6) is 0 Å². The Morgan fingerprint density at radius 2 is 2.17 bits per heavy atom. The number of esters is 1. The second kappa shape index (κ2) is 3.23. The summed E-state index contributed by atoms with van der Waals surface area (Å²) in [6, 6.07) is 3.63. The van der Waals surface area contributed by atoms with Crippen molar-refractivity contribution in [3.8, 4) is 12.1 Å². The molecule has 0 spiro atoms. The van der Waals surface area contributed by atoms with Crippen LogP contribution in [-0.2, 0) is 9.53 Å². The Bertz CT molecular complexity index is 268. The van der Waals surface area contributed by atoms with E-state index in [1.807, 2.05) is 6.07 Å². The highest BCUT2D eigenvalue weighted by atomic mass is 16.5. The van der Waals surface area contributed by atoms with E-state index in [-0.39, 0.29) is 6.61 Å². The van der Waals surface area contributed by atoms with Gasteiger partial charge in [0.05, 0.1) is 6.07 Å². The molecule has 1 aliphatic carbocycles. The van der Waals surface area contributed by atoms with Crippen LogP contribution in [0.4, 0.5) is 0 Å². The molecule has 0 N–H and O–H groups in total. The van der Waals surface area contributed by atoms with Crippen molar-refractivity contribution in [1.29, 1.82) is 10.5 Å². The van der Waals surface area contributed by atoms with Crippen molar-refractivity contribution < 1.29 is 9.53 Å². The molecule has 1 rings (SSSR count). The van der Waals surface area contributed by atoms with Crippen LogP contribution in [0.2, 0.25) is 0 Å². The van der Waals surface area contributed by atoms with Crippen LogP contribution in [-0.4, -0.2) is 12.6 Å². The third-order valence-corrected chi connectivity index (χ3v) is 2.08. The number of ether oxygens (including phenoxy) is 1. The van der Waals surface area contributed by atoms with E-state index in [0.29, 0.717) is 12.8 Å². The summed E-state index contributed by atoms with van der Waals surface area (Å²) in [6.07, 6.45) is 2.01. The van der Waals surface area contributed by atoms with Crippen molar-refractivity contribution in [3.05, 3.63) is 0 Å². The summed E-state index contributed by atoms with van der Waals surface area (Å²) in [6.45, 7) is -0.262. The van der Waals surface area contributed by atoms with E-state index in [2.05, 4.69) is 4.74 Å². The third kappa shape index (κ3) is 1.24. The summed E-state index contributed by atoms with van der Waals surface area (Å²) in [4.78, 5) is 11.1. The van der Waals surface area contributed by atoms with Crippen molar-refractivity contribution in [2.45, 2.75) is 19.3 Å². The van der Waals surface area contributed by atoms with Crippen LogP contribution in [0.25, 0.3) is 0 Å². The first kappa shape index (κ1) is 8.55. The molecular weight excluding hydrogens is 156 g/mol. The maximum absolute atomic E-state index is 11.1. The molecule has 0 atom stereocenters. The predicted molar refractivity (Wildman–Crippen MR) is 38.5 cm³/mol. The van der Waals surface area contributed by atoms with Gasteiger partial charge in [-0.15, -0.1) is 0 Å². The minimum absolute atomic E-state index is 0.262. The molecule has 1 aliphatic rings. The molecule has 1 fully saturated rings. The van der Waals surface area contributed by atoms with Gasteiger partial charge in [-0.3, -0.25) is 4.79 Å². The molecule has 0 saturated heterocycles. The molecule has 0 amide bonds. The van der Waals surface area contributed by atoms with Gasteiger partial charge in [0.2, 0.25) is 0 Å². The van der Waals surface area contributed by atoms with E-state index >= 15 is 0 Å². The average Bonchev–Trinajstić information content (AvgIpc) is 2.00. The fraction of sp³-hybridized carbons (Fsp3) is 0.625. The van der Waals surface area contributed by atoms with Crippen LogP contribution >= 0.6 is 0 Å². The van der Waals surface area contributed by atoms with Gasteiger partial charge in [-0.1, -0.05) is 0 Å². The second-order valence-electron chi connectivity index (χ2n) is 2.78. The maximum atomic E-state index is 11.1. The highest BCUT2D eigenvalue weighted by Crippen LogP contribution is 2.41. The number of hydrogen-bond donors (Lipinski definition) is 0. The third-order valence-electron chi connectivity index (χ3n) is 2.08. The standard InChI is InChI=1S/C8H8N2O2/c9-4-5-12-7(11)8(6-10)2-1-3-8/h1-3,5H2. The van der Waals surface area contributed by atoms with Gasteiger partial charge in [0.15, 0.2) is 12.0 Å². The molecule has 1 saturated carbocycles. The fourth-order valence-electron chi connectivity index (χ4n) is 1.13. The van der Waals surface area contributed by atoms with Gasteiger partial charge in [-0.05, 0) is 19.3 Å². The van der Waals surface area contributed by atoms with Crippen LogP contribution in [0.3, 0.4) is 0 Å². The van der Waals surface area contributed by atoms with Crippen LogP contribution in [0.15, 0.2) is 0 Å². The Hall–Kier alpha value is -1.55. The summed E-state index contributed by atoms with van der Waals surface area (Å²) >= 11 is 0. The Balaban J connectivity index is 2.52. The van der Waals surface area contributed by atoms with Crippen LogP contribution in [0, 0.1) is 28.1 Å². The van der Waals surface area contributed by atoms with E-state index in [1.165, 1.54) is 0 Å². The smallest absolute Gasteiger partial charge is 0.327 e. The van der Waals surface area contributed by atoms with Gasteiger partial charge >= 0.3 is 5.97 Å². The molecule has 62 valence electrons. The summed E-state index contributed by atoms with van der Waals surface area (Å²) < 4.78 is 4.57. The zero-order chi connectivity index (χ0) is 9.03. The monoisotopic (exact) mass is 164 g/mol. The Kier molecular flexibility index (Phi) is 2.30. The summed E-state index contributed by atoms with van der Waals surface area (Å²) in [7, 11) is 0. The topological polar surface area (TPSA) is 73.9 Å². The lowest BCUT2D eigenvalue weighted by molar-refractivity contribution is -0.155. The van der Waals surface area contributed by atoms with Crippen molar-refractivity contribution in [3.63, 3.8) is 0 Å². The van der Waals surface area contributed by atoms with Gasteiger partial charge in [0.1, 0.15) is 6.07 Å². The fourth-order valence-corrected chi connectivity index (χ4v) is 1.13. The molecule has 0 aromatic heterocycles. The van der Waals surface area contributed by atoms with E-state index < -0.39 is 11.4 Å². The first-order chi connectivity index (χ1) is 5.75. The number of rotatable bonds is 2. The number of carbonyl (C=O) groups is 1. The molecule has 0 aliphatic heterocycles. The average molecular weight is 164 g/mol. The second-order valence-corrected chi connectivity index (χ2v) is 2.78. The van der Waals surface area contributed by atoms with Crippen LogP contribution in [0.1, 0.15) is 19.3 Å². The van der Waals surface area contributed by atoms with E-state index in [0.717, 1.165) is 6.42 Å². The summed E-state index contributed by atoms with van der Waals surface area (Å²) in [5.41, 5.74) is -0.934. The number of hydrogen-bond acceptors (Lipinski definition) is 4. The highest BCUT2D eigenvalue weighted by Gasteiger charge is 2.46. The van der Waals surface area contributed by atoms with Crippen molar-refractivity contribution in [2.75, 3.05) is 6.61 Å². The summed E-state index contributed by atoms with van der Waals surface area (Å²) in [5.74, 6) is -0.544. The Labute approximate surface area is 70.3 Å². The molecule has 0 bridgehead atoms. The predicted octanol–water partition coefficient (Wildman–Crippen LogP) is 0.747. The molecule has 0 heterocycles. The van der Waals surface area contributed by atoms with Gasteiger partial charge in [-0.25, -0.2) is 0 Å². The van der Waals surface area contributed by atoms with Crippen molar-refractivity contribution in [1.82, 2.24) is 0 Å². The van der Waals surface area contributed by atoms with Gasteiger partial charge < -0.3 is 4.74 Å². The first-order valence-corrected chi connectivity index (χ1v) is 3.70. The van der Waals surface area contributed by atoms with Crippen molar-refractivity contribution in [2.24, 2.45) is 5.41 Å². The molecule has 12 heavy (non-hydrogen) atoms.